The third-order valence-corrected chi connectivity index (χ3v) is 4.49. The average Bonchev–Trinajstić information content (AvgIpc) is 3.35. The van der Waals surface area contributed by atoms with Crippen LogP contribution in [0.15, 0.2) is 42.5 Å². The van der Waals surface area contributed by atoms with Crippen molar-refractivity contribution in [1.82, 2.24) is 5.32 Å². The molecule has 1 aliphatic rings. The highest BCUT2D eigenvalue weighted by Crippen LogP contribution is 2.47. The number of rotatable bonds is 5. The van der Waals surface area contributed by atoms with Crippen LogP contribution in [0.5, 0.6) is 11.5 Å². The minimum atomic E-state index is -0.351. The smallest absolute Gasteiger partial charge is 0.253 e. The van der Waals surface area contributed by atoms with Gasteiger partial charge in [-0.3, -0.25) is 4.79 Å². The third kappa shape index (κ3) is 2.99. The molecule has 23 heavy (non-hydrogen) atoms. The fraction of sp³-hybridized carbons (Fsp3) is 0.278. The van der Waals surface area contributed by atoms with Crippen molar-refractivity contribution in [2.75, 3.05) is 14.2 Å². The van der Waals surface area contributed by atoms with E-state index in [0.717, 1.165) is 18.4 Å². The normalized spacial score (nSPS) is 14.9. The van der Waals surface area contributed by atoms with Gasteiger partial charge in [-0.05, 0) is 42.7 Å². The number of benzene rings is 2. The molecule has 2 aromatic rings. The molecule has 120 valence electrons. The zero-order chi connectivity index (χ0) is 16.4. The Morgan fingerprint density at radius 1 is 1.09 bits per heavy atom. The highest BCUT2D eigenvalue weighted by atomic mass is 35.5. The predicted molar refractivity (Wildman–Crippen MR) is 89.4 cm³/mol. The van der Waals surface area contributed by atoms with Crippen LogP contribution in [-0.4, -0.2) is 20.1 Å². The molecule has 1 aliphatic carbocycles. The van der Waals surface area contributed by atoms with Crippen molar-refractivity contribution in [2.45, 2.75) is 18.4 Å². The fourth-order valence-electron chi connectivity index (χ4n) is 2.67. The minimum absolute atomic E-state index is 0.164. The first kappa shape index (κ1) is 15.7. The lowest BCUT2D eigenvalue weighted by Crippen LogP contribution is -2.35. The molecule has 0 aliphatic heterocycles. The predicted octanol–water partition coefficient (Wildman–Crippen LogP) is 3.78. The highest BCUT2D eigenvalue weighted by Gasteiger charge is 2.46. The van der Waals surface area contributed by atoms with Crippen molar-refractivity contribution in [1.29, 1.82) is 0 Å². The van der Waals surface area contributed by atoms with E-state index in [2.05, 4.69) is 5.32 Å². The number of carbonyl (C=O) groups excluding carboxylic acids is 1. The second-order valence-electron chi connectivity index (χ2n) is 5.59. The second-order valence-corrected chi connectivity index (χ2v) is 5.99. The molecule has 5 heteroatoms. The molecule has 4 nitrogen and oxygen atoms in total. The standard InChI is InChI=1S/C18H18ClNO3/c1-22-15-8-7-12(11-16(15)23-2)18(9-10-18)20-17(21)13-5-3-4-6-14(13)19/h3-8,11H,9-10H2,1-2H3,(H,20,21). The van der Waals surface area contributed by atoms with Crippen LogP contribution in [0.4, 0.5) is 0 Å². The largest absolute Gasteiger partial charge is 0.493 e. The van der Waals surface area contributed by atoms with E-state index in [0.29, 0.717) is 22.1 Å². The molecule has 0 bridgehead atoms. The summed E-state index contributed by atoms with van der Waals surface area (Å²) < 4.78 is 10.6. The Labute approximate surface area is 140 Å². The van der Waals surface area contributed by atoms with Crippen molar-refractivity contribution < 1.29 is 14.3 Å². The Balaban J connectivity index is 1.86. The van der Waals surface area contributed by atoms with Crippen LogP contribution in [-0.2, 0) is 5.54 Å². The van der Waals surface area contributed by atoms with Crippen LogP contribution in [0.25, 0.3) is 0 Å². The molecule has 0 heterocycles. The molecule has 2 aromatic carbocycles. The monoisotopic (exact) mass is 331 g/mol. The zero-order valence-electron chi connectivity index (χ0n) is 13.1. The van der Waals surface area contributed by atoms with Crippen molar-refractivity contribution in [3.8, 4) is 11.5 Å². The van der Waals surface area contributed by atoms with Gasteiger partial charge in [0.05, 0.1) is 30.3 Å². The minimum Gasteiger partial charge on any atom is -0.493 e. The van der Waals surface area contributed by atoms with E-state index < -0.39 is 0 Å². The first-order valence-corrected chi connectivity index (χ1v) is 7.77. The summed E-state index contributed by atoms with van der Waals surface area (Å²) in [5, 5.41) is 3.56. The molecule has 0 radical (unpaired) electrons. The van der Waals surface area contributed by atoms with Crippen LogP contribution in [0.1, 0.15) is 28.8 Å². The van der Waals surface area contributed by atoms with Gasteiger partial charge in [0.1, 0.15) is 0 Å². The quantitative estimate of drug-likeness (QED) is 0.907. The molecule has 1 fully saturated rings. The molecule has 0 saturated heterocycles. The number of hydrogen-bond donors (Lipinski definition) is 1. The lowest BCUT2D eigenvalue weighted by Gasteiger charge is -2.20. The van der Waals surface area contributed by atoms with Crippen molar-refractivity contribution in [2.24, 2.45) is 0 Å². The van der Waals surface area contributed by atoms with Gasteiger partial charge in [-0.2, -0.15) is 0 Å². The van der Waals surface area contributed by atoms with Crippen LogP contribution >= 0.6 is 11.6 Å². The number of hydrogen-bond acceptors (Lipinski definition) is 3. The third-order valence-electron chi connectivity index (χ3n) is 4.16. The summed E-state index contributed by atoms with van der Waals surface area (Å²) in [6.07, 6.45) is 1.78. The van der Waals surface area contributed by atoms with Gasteiger partial charge in [-0.1, -0.05) is 29.8 Å². The first-order valence-electron chi connectivity index (χ1n) is 7.39. The summed E-state index contributed by atoms with van der Waals surface area (Å²) in [6.45, 7) is 0. The van der Waals surface area contributed by atoms with Gasteiger partial charge in [-0.25, -0.2) is 0 Å². The van der Waals surface area contributed by atoms with Gasteiger partial charge in [-0.15, -0.1) is 0 Å². The number of amides is 1. The van der Waals surface area contributed by atoms with Gasteiger partial charge in [0.2, 0.25) is 0 Å². The molecule has 0 unspecified atom stereocenters. The summed E-state index contributed by atoms with van der Waals surface area (Å²) in [5.74, 6) is 1.16. The summed E-state index contributed by atoms with van der Waals surface area (Å²) in [4.78, 5) is 12.5. The number of halogens is 1. The van der Waals surface area contributed by atoms with E-state index in [1.807, 2.05) is 18.2 Å². The number of carbonyl (C=O) groups is 1. The second kappa shape index (κ2) is 6.13. The molecule has 0 aromatic heterocycles. The van der Waals surface area contributed by atoms with Crippen LogP contribution in [0.2, 0.25) is 5.02 Å². The summed E-state index contributed by atoms with van der Waals surface area (Å²) in [6, 6.07) is 12.8. The van der Waals surface area contributed by atoms with Crippen molar-refractivity contribution in [3.63, 3.8) is 0 Å². The Morgan fingerprint density at radius 2 is 1.78 bits per heavy atom. The van der Waals surface area contributed by atoms with E-state index in [-0.39, 0.29) is 11.4 Å². The first-order chi connectivity index (χ1) is 11.1. The van der Waals surface area contributed by atoms with Gasteiger partial charge < -0.3 is 14.8 Å². The summed E-state index contributed by atoms with van der Waals surface area (Å²) in [5.41, 5.74) is 1.15. The fourth-order valence-corrected chi connectivity index (χ4v) is 2.90. The van der Waals surface area contributed by atoms with Gasteiger partial charge >= 0.3 is 0 Å². The zero-order valence-corrected chi connectivity index (χ0v) is 13.8. The Hall–Kier alpha value is -2.20. The Bertz CT molecular complexity index is 741. The lowest BCUT2D eigenvalue weighted by molar-refractivity contribution is 0.0931. The van der Waals surface area contributed by atoms with E-state index in [1.165, 1.54) is 0 Å². The van der Waals surface area contributed by atoms with E-state index in [4.69, 9.17) is 21.1 Å². The summed E-state index contributed by atoms with van der Waals surface area (Å²) >= 11 is 6.10. The SMILES string of the molecule is COc1ccc(C2(NC(=O)c3ccccc3Cl)CC2)cc1OC. The van der Waals surface area contributed by atoms with E-state index >= 15 is 0 Å². The molecule has 1 saturated carbocycles. The number of ether oxygens (including phenoxy) is 2. The highest BCUT2D eigenvalue weighted by molar-refractivity contribution is 6.33. The van der Waals surface area contributed by atoms with Gasteiger partial charge in [0.15, 0.2) is 11.5 Å². The van der Waals surface area contributed by atoms with Crippen LogP contribution < -0.4 is 14.8 Å². The molecule has 1 N–H and O–H groups in total. The Morgan fingerprint density at radius 3 is 2.39 bits per heavy atom. The van der Waals surface area contributed by atoms with E-state index in [9.17, 15) is 4.79 Å². The lowest BCUT2D eigenvalue weighted by atomic mass is 10.0. The molecular weight excluding hydrogens is 314 g/mol. The topological polar surface area (TPSA) is 47.6 Å². The molecule has 1 amide bonds. The summed E-state index contributed by atoms with van der Waals surface area (Å²) in [7, 11) is 3.20. The van der Waals surface area contributed by atoms with Crippen molar-refractivity contribution in [3.05, 3.63) is 58.6 Å². The van der Waals surface area contributed by atoms with Gasteiger partial charge in [0.25, 0.3) is 5.91 Å². The molecule has 0 spiro atoms. The van der Waals surface area contributed by atoms with Crippen LogP contribution in [0, 0.1) is 0 Å². The molecule has 0 atom stereocenters. The van der Waals surface area contributed by atoms with Crippen molar-refractivity contribution >= 4 is 17.5 Å². The van der Waals surface area contributed by atoms with E-state index in [1.54, 1.807) is 38.5 Å². The molecular formula is C18H18ClNO3. The maximum Gasteiger partial charge on any atom is 0.253 e. The number of methoxy groups -OCH3 is 2. The average molecular weight is 332 g/mol. The maximum absolute atomic E-state index is 12.5. The number of nitrogens with one attached hydrogen (secondary N) is 1. The van der Waals surface area contributed by atoms with Crippen LogP contribution in [0.3, 0.4) is 0 Å². The Kier molecular flexibility index (Phi) is 4.18. The molecule has 3 rings (SSSR count). The maximum atomic E-state index is 12.5. The van der Waals surface area contributed by atoms with Gasteiger partial charge in [0, 0.05) is 0 Å².